The average Bonchev–Trinajstić information content (AvgIpc) is 3.00. The molecule has 1 aromatic rings. The first kappa shape index (κ1) is 43.4. The van der Waals surface area contributed by atoms with Gasteiger partial charge in [-0.1, -0.05) is 99.3 Å². The maximum absolute atomic E-state index is 12.9. The van der Waals surface area contributed by atoms with Gasteiger partial charge in [0.25, 0.3) is 11.8 Å². The number of benzene rings is 1. The number of carbonyl (C=O) groups is 4. The van der Waals surface area contributed by atoms with E-state index in [-0.39, 0.29) is 43.3 Å². The lowest BCUT2D eigenvalue weighted by atomic mass is 10.0. The molecule has 0 spiro atoms. The van der Waals surface area contributed by atoms with Gasteiger partial charge in [-0.2, -0.15) is 0 Å². The maximum atomic E-state index is 12.9. The summed E-state index contributed by atoms with van der Waals surface area (Å²) in [5.74, 6) is -0.688. The number of nitrogens with one attached hydrogen (secondary N) is 3. The summed E-state index contributed by atoms with van der Waals surface area (Å²) < 4.78 is 0. The van der Waals surface area contributed by atoms with Gasteiger partial charge in [0.05, 0.1) is 6.54 Å². The molecule has 0 fully saturated rings. The lowest BCUT2D eigenvalue weighted by molar-refractivity contribution is -0.128. The smallest absolute Gasteiger partial charge is 0.253 e. The van der Waals surface area contributed by atoms with Crippen LogP contribution in [0.5, 0.6) is 0 Å². The van der Waals surface area contributed by atoms with E-state index in [4.69, 9.17) is 5.73 Å². The van der Waals surface area contributed by atoms with E-state index in [0.717, 1.165) is 24.3 Å². The van der Waals surface area contributed by atoms with E-state index in [1.54, 1.807) is 54.3 Å². The van der Waals surface area contributed by atoms with Crippen LogP contribution in [0.4, 0.5) is 0 Å². The maximum Gasteiger partial charge on any atom is 0.253 e. The van der Waals surface area contributed by atoms with Gasteiger partial charge in [-0.3, -0.25) is 19.2 Å². The zero-order valence-electron chi connectivity index (χ0n) is 29.2. The first-order chi connectivity index (χ1) is 21.3. The average molecular weight is 628 g/mol. The fraction of sp³-hybridized carbons (Fsp3) is 0.556. The topological polar surface area (TPSA) is 134 Å². The van der Waals surface area contributed by atoms with Crippen molar-refractivity contribution < 1.29 is 19.2 Å². The van der Waals surface area contributed by atoms with Crippen LogP contribution < -0.4 is 21.7 Å². The summed E-state index contributed by atoms with van der Waals surface area (Å²) in [5.41, 5.74) is 7.78. The van der Waals surface area contributed by atoms with Gasteiger partial charge in [-0.15, -0.1) is 0 Å². The standard InChI is InChI=1S/C29H43N5O4.C4H10.C3H8/c1-6-11-22(9-4)18-31-26(35)20-33-27(36)21(5)16-25(30)19-32-28(37)23-12-10-13-24(17-23)29(38)34(14-7-2)15-8-3;1-4(2)3;1-3-2/h6,9-13,17,21,25H,1,4,7-8,14-16,18-20,30H2,2-3,5H3,(H,31,35)(H,32,37)(H,33,36);4H,1-3H3;3H2,1-2H3/b22-11+;;. The first-order valence-electron chi connectivity index (χ1n) is 16.2. The number of rotatable bonds is 17. The van der Waals surface area contributed by atoms with Crippen molar-refractivity contribution in [2.24, 2.45) is 17.6 Å². The zero-order valence-corrected chi connectivity index (χ0v) is 29.2. The van der Waals surface area contributed by atoms with Crippen molar-refractivity contribution in [1.82, 2.24) is 20.9 Å². The molecule has 2 unspecified atom stereocenters. The minimum absolute atomic E-state index is 0.0945. The van der Waals surface area contributed by atoms with E-state index >= 15 is 0 Å². The van der Waals surface area contributed by atoms with Crippen molar-refractivity contribution in [3.63, 3.8) is 0 Å². The molecule has 0 aliphatic heterocycles. The molecular weight excluding hydrogens is 566 g/mol. The molecule has 9 heteroatoms. The number of hydrogen-bond acceptors (Lipinski definition) is 5. The normalized spacial score (nSPS) is 11.8. The third-order valence-electron chi connectivity index (χ3n) is 5.78. The Morgan fingerprint density at radius 3 is 1.96 bits per heavy atom. The summed E-state index contributed by atoms with van der Waals surface area (Å²) in [7, 11) is 0. The molecule has 0 bridgehead atoms. The molecule has 0 saturated carbocycles. The number of allylic oxidation sites excluding steroid dienone is 2. The summed E-state index contributed by atoms with van der Waals surface area (Å²) in [5, 5.41) is 8.07. The van der Waals surface area contributed by atoms with Gasteiger partial charge < -0.3 is 26.6 Å². The van der Waals surface area contributed by atoms with E-state index in [1.165, 1.54) is 6.42 Å². The number of carbonyl (C=O) groups excluding carboxylic acids is 4. The highest BCUT2D eigenvalue weighted by atomic mass is 16.2. The second kappa shape index (κ2) is 26.7. The molecule has 1 rings (SSSR count). The van der Waals surface area contributed by atoms with Crippen molar-refractivity contribution in [1.29, 1.82) is 0 Å². The molecule has 45 heavy (non-hydrogen) atoms. The molecule has 4 amide bonds. The van der Waals surface area contributed by atoms with Crippen LogP contribution in [-0.4, -0.2) is 67.3 Å². The molecule has 0 saturated heterocycles. The van der Waals surface area contributed by atoms with Gasteiger partial charge in [0, 0.05) is 49.3 Å². The van der Waals surface area contributed by atoms with Gasteiger partial charge in [-0.25, -0.2) is 0 Å². The number of nitrogens with two attached hydrogens (primary N) is 1. The van der Waals surface area contributed by atoms with E-state index in [2.05, 4.69) is 63.7 Å². The quantitative estimate of drug-likeness (QED) is 0.166. The number of amides is 4. The monoisotopic (exact) mass is 627 g/mol. The second-order valence-corrected chi connectivity index (χ2v) is 11.6. The molecule has 9 nitrogen and oxygen atoms in total. The van der Waals surface area contributed by atoms with E-state index < -0.39 is 12.0 Å². The first-order valence-corrected chi connectivity index (χ1v) is 16.2. The molecule has 0 radical (unpaired) electrons. The predicted molar refractivity (Wildman–Crippen MR) is 188 cm³/mol. The van der Waals surface area contributed by atoms with Gasteiger partial charge >= 0.3 is 0 Å². The van der Waals surface area contributed by atoms with Gasteiger partial charge in [0.15, 0.2) is 0 Å². The Morgan fingerprint density at radius 2 is 1.44 bits per heavy atom. The summed E-state index contributed by atoms with van der Waals surface area (Å²) in [4.78, 5) is 51.7. The van der Waals surface area contributed by atoms with Crippen molar-refractivity contribution in [3.8, 4) is 0 Å². The van der Waals surface area contributed by atoms with Crippen LogP contribution in [-0.2, 0) is 9.59 Å². The van der Waals surface area contributed by atoms with E-state index in [9.17, 15) is 19.2 Å². The molecule has 2 atom stereocenters. The van der Waals surface area contributed by atoms with E-state index in [1.807, 2.05) is 13.8 Å². The molecule has 5 N–H and O–H groups in total. The minimum atomic E-state index is -0.470. The van der Waals surface area contributed by atoms with Crippen LogP contribution >= 0.6 is 0 Å². The summed E-state index contributed by atoms with van der Waals surface area (Å²) in [6.45, 7) is 25.4. The van der Waals surface area contributed by atoms with Crippen molar-refractivity contribution in [3.05, 3.63) is 72.4 Å². The largest absolute Gasteiger partial charge is 0.350 e. The van der Waals surface area contributed by atoms with E-state index in [0.29, 0.717) is 30.6 Å². The Labute approximate surface area is 273 Å². The Hall–Kier alpha value is -3.72. The summed E-state index contributed by atoms with van der Waals surface area (Å²) in [6.07, 6.45) is 8.24. The summed E-state index contributed by atoms with van der Waals surface area (Å²) >= 11 is 0. The van der Waals surface area contributed by atoms with Crippen molar-refractivity contribution in [2.75, 3.05) is 32.7 Å². The fourth-order valence-electron chi connectivity index (χ4n) is 3.76. The lowest BCUT2D eigenvalue weighted by Gasteiger charge is -2.21. The molecule has 254 valence electrons. The highest BCUT2D eigenvalue weighted by Crippen LogP contribution is 2.11. The third-order valence-corrected chi connectivity index (χ3v) is 5.78. The Kier molecular flexibility index (Phi) is 25.7. The van der Waals surface area contributed by atoms with Crippen LogP contribution in [0.3, 0.4) is 0 Å². The van der Waals surface area contributed by atoms with Gasteiger partial charge in [-0.05, 0) is 49.0 Å². The molecule has 0 aliphatic rings. The lowest BCUT2D eigenvalue weighted by Crippen LogP contribution is -2.43. The Bertz CT molecular complexity index is 1060. The second-order valence-electron chi connectivity index (χ2n) is 11.6. The number of nitrogens with zero attached hydrogens (tertiary/aromatic N) is 1. The minimum Gasteiger partial charge on any atom is -0.350 e. The van der Waals surface area contributed by atoms with Crippen LogP contribution in [0.15, 0.2) is 61.2 Å². The van der Waals surface area contributed by atoms with Crippen molar-refractivity contribution in [2.45, 2.75) is 87.1 Å². The van der Waals surface area contributed by atoms with Gasteiger partial charge in [0.1, 0.15) is 0 Å². The molecule has 0 aliphatic carbocycles. The highest BCUT2D eigenvalue weighted by molar-refractivity contribution is 5.99. The zero-order chi connectivity index (χ0) is 34.8. The predicted octanol–water partition coefficient (Wildman–Crippen LogP) is 5.64. The Balaban J connectivity index is 0. The van der Waals surface area contributed by atoms with Gasteiger partial charge in [0.2, 0.25) is 11.8 Å². The SMILES string of the molecule is C=C/C=C(\C=C)CNC(=O)CNC(=O)C(C)CC(N)CNC(=O)c1cccc(C(=O)N(CCC)CCC)c1.CC(C)C.CCC. The van der Waals surface area contributed by atoms with Crippen LogP contribution in [0, 0.1) is 11.8 Å². The molecule has 0 aromatic heterocycles. The van der Waals surface area contributed by atoms with Crippen molar-refractivity contribution >= 4 is 23.6 Å². The van der Waals surface area contributed by atoms with Crippen LogP contribution in [0.25, 0.3) is 0 Å². The number of hydrogen-bond donors (Lipinski definition) is 4. The highest BCUT2D eigenvalue weighted by Gasteiger charge is 2.19. The van der Waals surface area contributed by atoms with Crippen LogP contribution in [0.2, 0.25) is 0 Å². The third kappa shape index (κ3) is 21.6. The fourth-order valence-corrected chi connectivity index (χ4v) is 3.76. The summed E-state index contributed by atoms with van der Waals surface area (Å²) in [6, 6.07) is 6.17. The molecule has 0 heterocycles. The van der Waals surface area contributed by atoms with Crippen LogP contribution in [0.1, 0.15) is 102 Å². The Morgan fingerprint density at radius 1 is 0.889 bits per heavy atom. The molecule has 1 aromatic carbocycles. The molecular formula is C36H61N5O4.